The maximum atomic E-state index is 13.0. The molecule has 0 N–H and O–H groups in total. The number of allylic oxidation sites excluding steroid dienone is 5. The van der Waals surface area contributed by atoms with Gasteiger partial charge >= 0.3 is 5.97 Å². The fraction of sp³-hybridized carbons (Fsp3) is 0.269. The number of carbonyl (C=O) groups excluding carboxylic acids is 1. The SMILES string of the molecule is C/C=C(C)/C=C(/C(Cl)=C(\OC(=O)c1ccccc1)c1c(C)cccc1C)[Si](C)(C)C. The van der Waals surface area contributed by atoms with E-state index < -0.39 is 14.0 Å². The topological polar surface area (TPSA) is 26.3 Å². The number of rotatable bonds is 6. The van der Waals surface area contributed by atoms with Crippen LogP contribution in [0.3, 0.4) is 0 Å². The van der Waals surface area contributed by atoms with Gasteiger partial charge in [-0.05, 0) is 56.2 Å². The normalized spacial score (nSPS) is 13.7. The molecule has 0 heterocycles. The van der Waals surface area contributed by atoms with Crippen LogP contribution in [0.1, 0.15) is 40.9 Å². The Bertz CT molecular complexity index is 989. The van der Waals surface area contributed by atoms with Crippen LogP contribution in [0.15, 0.2) is 76.5 Å². The van der Waals surface area contributed by atoms with Gasteiger partial charge in [-0.2, -0.15) is 0 Å². The number of hydrogen-bond acceptors (Lipinski definition) is 2. The highest BCUT2D eigenvalue weighted by Crippen LogP contribution is 2.36. The summed E-state index contributed by atoms with van der Waals surface area (Å²) in [7, 11) is -1.85. The first-order chi connectivity index (χ1) is 14.1. The Hall–Kier alpha value is -2.36. The lowest BCUT2D eigenvalue weighted by atomic mass is 10.0. The summed E-state index contributed by atoms with van der Waals surface area (Å²) in [5, 5.41) is 1.57. The van der Waals surface area contributed by atoms with Gasteiger partial charge < -0.3 is 4.74 Å². The molecule has 158 valence electrons. The van der Waals surface area contributed by atoms with Crippen LogP contribution in [0.4, 0.5) is 0 Å². The molecule has 2 rings (SSSR count). The molecule has 0 saturated heterocycles. The number of esters is 1. The van der Waals surface area contributed by atoms with Crippen LogP contribution in [0.5, 0.6) is 0 Å². The summed E-state index contributed by atoms with van der Waals surface area (Å²) in [6, 6.07) is 15.0. The quantitative estimate of drug-likeness (QED) is 0.199. The minimum absolute atomic E-state index is 0.413. The summed E-state index contributed by atoms with van der Waals surface area (Å²) in [4.78, 5) is 13.0. The van der Waals surface area contributed by atoms with E-state index in [-0.39, 0.29) is 0 Å². The second kappa shape index (κ2) is 10.1. The Morgan fingerprint density at radius 1 is 0.967 bits per heavy atom. The van der Waals surface area contributed by atoms with Crippen molar-refractivity contribution >= 4 is 31.4 Å². The Kier molecular flexibility index (Phi) is 8.05. The fourth-order valence-corrected chi connectivity index (χ4v) is 5.62. The molecular formula is C26H31ClO2Si. The van der Waals surface area contributed by atoms with Gasteiger partial charge in [0.15, 0.2) is 5.76 Å². The van der Waals surface area contributed by atoms with Gasteiger partial charge in [-0.15, -0.1) is 0 Å². The molecule has 4 heteroatoms. The molecule has 0 radical (unpaired) electrons. The summed E-state index contributed by atoms with van der Waals surface area (Å²) in [5.74, 6) is 0.0165. The van der Waals surface area contributed by atoms with Crippen LogP contribution >= 0.6 is 11.6 Å². The smallest absolute Gasteiger partial charge is 0.343 e. The summed E-state index contributed by atoms with van der Waals surface area (Å²) in [6.45, 7) is 14.8. The molecule has 0 aliphatic heterocycles. The zero-order valence-corrected chi connectivity index (χ0v) is 20.7. The lowest BCUT2D eigenvalue weighted by Crippen LogP contribution is -2.25. The molecule has 0 unspecified atom stereocenters. The van der Waals surface area contributed by atoms with E-state index in [0.717, 1.165) is 27.5 Å². The highest BCUT2D eigenvalue weighted by atomic mass is 35.5. The third kappa shape index (κ3) is 5.84. The second-order valence-corrected chi connectivity index (χ2v) is 13.9. The largest absolute Gasteiger partial charge is 0.421 e. The van der Waals surface area contributed by atoms with E-state index in [2.05, 4.69) is 38.7 Å². The van der Waals surface area contributed by atoms with Crippen LogP contribution in [-0.4, -0.2) is 14.0 Å². The van der Waals surface area contributed by atoms with Crippen molar-refractivity contribution in [3.05, 3.63) is 98.7 Å². The van der Waals surface area contributed by atoms with E-state index in [1.807, 2.05) is 57.2 Å². The van der Waals surface area contributed by atoms with Crippen molar-refractivity contribution < 1.29 is 9.53 Å². The molecule has 0 aromatic heterocycles. The van der Waals surface area contributed by atoms with Gasteiger partial charge in [0.05, 0.1) is 18.7 Å². The third-order valence-corrected chi connectivity index (χ3v) is 7.53. The van der Waals surface area contributed by atoms with E-state index in [0.29, 0.717) is 16.4 Å². The van der Waals surface area contributed by atoms with Crippen LogP contribution < -0.4 is 0 Å². The average Bonchev–Trinajstić information content (AvgIpc) is 2.70. The van der Waals surface area contributed by atoms with E-state index >= 15 is 0 Å². The minimum Gasteiger partial charge on any atom is -0.421 e. The molecule has 0 amide bonds. The van der Waals surface area contributed by atoms with Gasteiger partial charge in [-0.1, -0.05) is 85.4 Å². The van der Waals surface area contributed by atoms with Gasteiger partial charge in [-0.3, -0.25) is 0 Å². The summed E-state index contributed by atoms with van der Waals surface area (Å²) >= 11 is 7.05. The predicted molar refractivity (Wildman–Crippen MR) is 131 cm³/mol. The highest BCUT2D eigenvalue weighted by Gasteiger charge is 2.28. The van der Waals surface area contributed by atoms with Crippen molar-refractivity contribution in [1.82, 2.24) is 0 Å². The molecule has 0 fully saturated rings. The first-order valence-corrected chi connectivity index (χ1v) is 14.0. The Morgan fingerprint density at radius 3 is 2.03 bits per heavy atom. The highest BCUT2D eigenvalue weighted by molar-refractivity contribution is 6.85. The van der Waals surface area contributed by atoms with Crippen LogP contribution in [0.25, 0.3) is 5.76 Å². The van der Waals surface area contributed by atoms with Crippen molar-refractivity contribution in [3.8, 4) is 0 Å². The van der Waals surface area contributed by atoms with Gasteiger partial charge in [0.2, 0.25) is 0 Å². The summed E-state index contributed by atoms with van der Waals surface area (Å²) in [6.07, 6.45) is 4.18. The van der Waals surface area contributed by atoms with Gasteiger partial charge in [0, 0.05) is 5.56 Å². The van der Waals surface area contributed by atoms with Gasteiger partial charge in [-0.25, -0.2) is 4.79 Å². The molecule has 2 nitrogen and oxygen atoms in total. The Morgan fingerprint density at radius 2 is 1.53 bits per heavy atom. The molecule has 0 aliphatic carbocycles. The van der Waals surface area contributed by atoms with Crippen LogP contribution in [0.2, 0.25) is 19.6 Å². The lowest BCUT2D eigenvalue weighted by Gasteiger charge is -2.24. The van der Waals surface area contributed by atoms with Crippen molar-refractivity contribution in [1.29, 1.82) is 0 Å². The Balaban J connectivity index is 2.76. The van der Waals surface area contributed by atoms with Crippen molar-refractivity contribution in [2.24, 2.45) is 0 Å². The molecule has 0 spiro atoms. The molecule has 0 aliphatic rings. The lowest BCUT2D eigenvalue weighted by molar-refractivity contribution is 0.0691. The van der Waals surface area contributed by atoms with E-state index in [4.69, 9.17) is 16.3 Å². The first-order valence-electron chi connectivity index (χ1n) is 10.1. The zero-order chi connectivity index (χ0) is 22.5. The average molecular weight is 439 g/mol. The number of hydrogen-bond donors (Lipinski definition) is 0. The van der Waals surface area contributed by atoms with Crippen molar-refractivity contribution in [3.63, 3.8) is 0 Å². The minimum atomic E-state index is -1.85. The van der Waals surface area contributed by atoms with Gasteiger partial charge in [0.25, 0.3) is 0 Å². The second-order valence-electron chi connectivity index (χ2n) is 8.51. The molecule has 2 aromatic rings. The fourth-order valence-electron chi connectivity index (χ4n) is 3.15. The maximum absolute atomic E-state index is 13.0. The standard InChI is InChI=1S/C26H31ClO2Si/c1-8-18(2)17-22(30(5,6)7)24(27)25(23-19(3)13-12-14-20(23)4)29-26(28)21-15-10-9-11-16-21/h8-17H,1-7H3/b18-8+,22-17-,25-24+. The molecule has 0 saturated carbocycles. The van der Waals surface area contributed by atoms with E-state index in [1.165, 1.54) is 0 Å². The third-order valence-electron chi connectivity index (χ3n) is 4.98. The van der Waals surface area contributed by atoms with Crippen LogP contribution in [0, 0.1) is 13.8 Å². The molecule has 2 aromatic carbocycles. The Labute approximate surface area is 186 Å². The molecule has 0 bridgehead atoms. The summed E-state index contributed by atoms with van der Waals surface area (Å²) < 4.78 is 6.01. The van der Waals surface area contributed by atoms with Crippen LogP contribution in [-0.2, 0) is 4.74 Å². The predicted octanol–water partition coefficient (Wildman–Crippen LogP) is 7.84. The number of ether oxygens (including phenoxy) is 1. The first kappa shape index (κ1) is 23.9. The summed E-state index contributed by atoms with van der Waals surface area (Å²) in [5.41, 5.74) is 4.52. The van der Waals surface area contributed by atoms with E-state index in [1.54, 1.807) is 12.1 Å². The van der Waals surface area contributed by atoms with Gasteiger partial charge in [0.1, 0.15) is 0 Å². The number of aryl methyl sites for hydroxylation is 2. The number of carbonyl (C=O) groups is 1. The van der Waals surface area contributed by atoms with Crippen molar-refractivity contribution in [2.45, 2.75) is 47.3 Å². The number of benzene rings is 2. The zero-order valence-electron chi connectivity index (χ0n) is 19.0. The van der Waals surface area contributed by atoms with Crippen molar-refractivity contribution in [2.75, 3.05) is 0 Å². The maximum Gasteiger partial charge on any atom is 0.343 e. The molecule has 0 atom stereocenters. The van der Waals surface area contributed by atoms with E-state index in [9.17, 15) is 4.79 Å². The molecule has 30 heavy (non-hydrogen) atoms. The molecular weight excluding hydrogens is 408 g/mol. The monoisotopic (exact) mass is 438 g/mol. The number of halogens is 1.